The summed E-state index contributed by atoms with van der Waals surface area (Å²) in [6, 6.07) is 15.5. The van der Waals surface area contributed by atoms with Crippen LogP contribution in [0, 0.1) is 0 Å². The van der Waals surface area contributed by atoms with E-state index < -0.39 is 0 Å². The fraction of sp³-hybridized carbons (Fsp3) is 0.318. The van der Waals surface area contributed by atoms with E-state index in [1.807, 2.05) is 49.4 Å². The molecule has 0 aromatic heterocycles. The maximum Gasteiger partial charge on any atom is 0.267 e. The second-order valence-electron chi connectivity index (χ2n) is 7.14. The van der Waals surface area contributed by atoms with E-state index in [1.165, 1.54) is 10.6 Å². The Morgan fingerprint density at radius 3 is 2.82 bits per heavy atom. The SMILES string of the molecule is C[C@@H](NC(=O)C1=NN(Cc2ccccc2)C(=O)CC1)c1ccc2c(c1)CCO2. The minimum absolute atomic E-state index is 0.0629. The number of hydrogen-bond acceptors (Lipinski definition) is 4. The first kappa shape index (κ1) is 18.2. The topological polar surface area (TPSA) is 71.0 Å². The van der Waals surface area contributed by atoms with Crippen molar-refractivity contribution in [2.45, 2.75) is 38.8 Å². The normalized spacial score (nSPS) is 16.8. The van der Waals surface area contributed by atoms with E-state index in [0.717, 1.165) is 23.3 Å². The third kappa shape index (κ3) is 3.91. The van der Waals surface area contributed by atoms with Crippen LogP contribution in [0.5, 0.6) is 5.75 Å². The fourth-order valence-corrected chi connectivity index (χ4v) is 3.48. The molecule has 2 aromatic carbocycles. The van der Waals surface area contributed by atoms with E-state index >= 15 is 0 Å². The van der Waals surface area contributed by atoms with E-state index in [2.05, 4.69) is 16.5 Å². The number of rotatable bonds is 5. The van der Waals surface area contributed by atoms with Crippen LogP contribution in [-0.2, 0) is 22.6 Å². The number of carbonyl (C=O) groups is 2. The highest BCUT2D eigenvalue weighted by atomic mass is 16.5. The third-order valence-electron chi connectivity index (χ3n) is 5.10. The molecule has 1 atom stereocenters. The Morgan fingerprint density at radius 1 is 1.18 bits per heavy atom. The number of nitrogens with one attached hydrogen (secondary N) is 1. The van der Waals surface area contributed by atoms with Gasteiger partial charge in [-0.25, -0.2) is 5.01 Å². The van der Waals surface area contributed by atoms with Crippen molar-refractivity contribution in [1.29, 1.82) is 0 Å². The molecule has 0 saturated heterocycles. The molecular formula is C22H23N3O3. The molecule has 0 aliphatic carbocycles. The average Bonchev–Trinajstić information content (AvgIpc) is 3.18. The Bertz CT molecular complexity index is 924. The molecule has 0 unspecified atom stereocenters. The van der Waals surface area contributed by atoms with Gasteiger partial charge in [0.05, 0.1) is 19.2 Å². The van der Waals surface area contributed by atoms with Crippen LogP contribution in [0.15, 0.2) is 53.6 Å². The first-order valence-corrected chi connectivity index (χ1v) is 9.58. The lowest BCUT2D eigenvalue weighted by atomic mass is 10.0. The predicted molar refractivity (Wildman–Crippen MR) is 106 cm³/mol. The summed E-state index contributed by atoms with van der Waals surface area (Å²) < 4.78 is 5.54. The average molecular weight is 377 g/mol. The largest absolute Gasteiger partial charge is 0.493 e. The number of carbonyl (C=O) groups excluding carboxylic acids is 2. The molecule has 2 amide bonds. The third-order valence-corrected chi connectivity index (χ3v) is 5.10. The molecule has 0 spiro atoms. The summed E-state index contributed by atoms with van der Waals surface area (Å²) in [5.41, 5.74) is 3.58. The Kier molecular flexibility index (Phi) is 5.10. The molecule has 0 radical (unpaired) electrons. The minimum atomic E-state index is -0.227. The lowest BCUT2D eigenvalue weighted by Gasteiger charge is -2.24. The van der Waals surface area contributed by atoms with Crippen LogP contribution in [0.25, 0.3) is 0 Å². The summed E-state index contributed by atoms with van der Waals surface area (Å²) >= 11 is 0. The highest BCUT2D eigenvalue weighted by Crippen LogP contribution is 2.28. The summed E-state index contributed by atoms with van der Waals surface area (Å²) in [6.07, 6.45) is 1.55. The minimum Gasteiger partial charge on any atom is -0.493 e. The van der Waals surface area contributed by atoms with Crippen LogP contribution in [0.3, 0.4) is 0 Å². The lowest BCUT2D eigenvalue weighted by Crippen LogP contribution is -2.39. The summed E-state index contributed by atoms with van der Waals surface area (Å²) in [4.78, 5) is 24.9. The van der Waals surface area contributed by atoms with Crippen molar-refractivity contribution in [3.05, 3.63) is 65.2 Å². The zero-order chi connectivity index (χ0) is 19.5. The Labute approximate surface area is 164 Å². The second-order valence-corrected chi connectivity index (χ2v) is 7.14. The van der Waals surface area contributed by atoms with Crippen LogP contribution >= 0.6 is 0 Å². The van der Waals surface area contributed by atoms with Crippen LogP contribution in [-0.4, -0.2) is 29.1 Å². The number of amides is 2. The van der Waals surface area contributed by atoms with E-state index in [-0.39, 0.29) is 17.9 Å². The highest BCUT2D eigenvalue weighted by Gasteiger charge is 2.25. The molecule has 0 saturated carbocycles. The van der Waals surface area contributed by atoms with Crippen molar-refractivity contribution in [2.75, 3.05) is 6.61 Å². The molecule has 6 nitrogen and oxygen atoms in total. The lowest BCUT2D eigenvalue weighted by molar-refractivity contribution is -0.132. The van der Waals surface area contributed by atoms with Gasteiger partial charge in [0.2, 0.25) is 5.91 Å². The molecule has 6 heteroatoms. The van der Waals surface area contributed by atoms with Gasteiger partial charge in [-0.15, -0.1) is 0 Å². The predicted octanol–water partition coefficient (Wildman–Crippen LogP) is 2.98. The molecule has 0 fully saturated rings. The van der Waals surface area contributed by atoms with Gasteiger partial charge in [0, 0.05) is 19.3 Å². The number of hydrazone groups is 1. The zero-order valence-electron chi connectivity index (χ0n) is 15.9. The molecule has 2 aliphatic rings. The van der Waals surface area contributed by atoms with Crippen molar-refractivity contribution in [1.82, 2.24) is 10.3 Å². The molecule has 1 N–H and O–H groups in total. The van der Waals surface area contributed by atoms with E-state index in [9.17, 15) is 9.59 Å². The number of ether oxygens (including phenoxy) is 1. The second kappa shape index (κ2) is 7.84. The van der Waals surface area contributed by atoms with Crippen molar-refractivity contribution in [3.63, 3.8) is 0 Å². The van der Waals surface area contributed by atoms with Crippen molar-refractivity contribution in [2.24, 2.45) is 5.10 Å². The molecule has 28 heavy (non-hydrogen) atoms. The van der Waals surface area contributed by atoms with Gasteiger partial charge in [0.25, 0.3) is 5.91 Å². The number of benzene rings is 2. The van der Waals surface area contributed by atoms with Crippen LogP contribution in [0.4, 0.5) is 0 Å². The first-order chi connectivity index (χ1) is 13.6. The first-order valence-electron chi connectivity index (χ1n) is 9.58. The number of fused-ring (bicyclic) bond motifs is 1. The van der Waals surface area contributed by atoms with Crippen molar-refractivity contribution >= 4 is 17.5 Å². The van der Waals surface area contributed by atoms with Crippen molar-refractivity contribution in [3.8, 4) is 5.75 Å². The van der Waals surface area contributed by atoms with Gasteiger partial charge in [-0.2, -0.15) is 5.10 Å². The number of nitrogens with zero attached hydrogens (tertiary/aromatic N) is 2. The van der Waals surface area contributed by atoms with Crippen molar-refractivity contribution < 1.29 is 14.3 Å². The van der Waals surface area contributed by atoms with Crippen LogP contribution < -0.4 is 10.1 Å². The van der Waals surface area contributed by atoms with E-state index in [4.69, 9.17) is 4.74 Å². The summed E-state index contributed by atoms with van der Waals surface area (Å²) in [7, 11) is 0. The van der Waals surface area contributed by atoms with Gasteiger partial charge in [0.1, 0.15) is 11.5 Å². The molecule has 0 bridgehead atoms. The van der Waals surface area contributed by atoms with Crippen LogP contribution in [0.1, 0.15) is 42.5 Å². The summed E-state index contributed by atoms with van der Waals surface area (Å²) in [5, 5.41) is 8.73. The molecule has 144 valence electrons. The zero-order valence-corrected chi connectivity index (χ0v) is 15.9. The monoisotopic (exact) mass is 377 g/mol. The van der Waals surface area contributed by atoms with Gasteiger partial charge in [-0.1, -0.05) is 36.4 Å². The standard InChI is InChI=1S/C22H23N3O3/c1-15(17-7-9-20-18(13-17)11-12-28-20)23-22(27)19-8-10-21(26)25(24-19)14-16-5-3-2-4-6-16/h2-7,9,13,15H,8,10-12,14H2,1H3,(H,23,27)/t15-/m1/s1. The molecule has 2 aliphatic heterocycles. The fourth-order valence-electron chi connectivity index (χ4n) is 3.48. The summed E-state index contributed by atoms with van der Waals surface area (Å²) in [6.45, 7) is 3.03. The van der Waals surface area contributed by atoms with Gasteiger partial charge < -0.3 is 10.1 Å². The quantitative estimate of drug-likeness (QED) is 0.871. The van der Waals surface area contributed by atoms with Crippen LogP contribution in [0.2, 0.25) is 0 Å². The van der Waals surface area contributed by atoms with Gasteiger partial charge >= 0.3 is 0 Å². The Hall–Kier alpha value is -3.15. The van der Waals surface area contributed by atoms with Gasteiger partial charge in [-0.05, 0) is 35.7 Å². The highest BCUT2D eigenvalue weighted by molar-refractivity contribution is 6.39. The Morgan fingerprint density at radius 2 is 2.00 bits per heavy atom. The molecule has 2 heterocycles. The molecular weight excluding hydrogens is 354 g/mol. The summed E-state index contributed by atoms with van der Waals surface area (Å²) in [5.74, 6) is 0.635. The maximum absolute atomic E-state index is 12.7. The van der Waals surface area contributed by atoms with Gasteiger partial charge in [-0.3, -0.25) is 9.59 Å². The maximum atomic E-state index is 12.7. The molecule has 4 rings (SSSR count). The molecule has 2 aromatic rings. The van der Waals surface area contributed by atoms with E-state index in [0.29, 0.717) is 31.7 Å². The van der Waals surface area contributed by atoms with E-state index in [1.54, 1.807) is 0 Å². The smallest absolute Gasteiger partial charge is 0.267 e. The van der Waals surface area contributed by atoms with Gasteiger partial charge in [0.15, 0.2) is 0 Å². The Balaban J connectivity index is 1.44. The number of hydrogen-bond donors (Lipinski definition) is 1.